The van der Waals surface area contributed by atoms with E-state index in [1.54, 1.807) is 0 Å². The van der Waals surface area contributed by atoms with Gasteiger partial charge in [0.2, 0.25) is 0 Å². The van der Waals surface area contributed by atoms with Gasteiger partial charge in [-0.15, -0.1) is 0 Å². The summed E-state index contributed by atoms with van der Waals surface area (Å²) in [5.74, 6) is 0.935. The van der Waals surface area contributed by atoms with Gasteiger partial charge in [0.25, 0.3) is 0 Å². The average molecular weight is 563 g/mol. The highest BCUT2D eigenvalue weighted by Crippen LogP contribution is 2.40. The molecule has 2 aromatic heterocycles. The summed E-state index contributed by atoms with van der Waals surface area (Å²) in [5.41, 5.74) is 10.7. The molecule has 0 fully saturated rings. The van der Waals surface area contributed by atoms with Crippen molar-refractivity contribution >= 4 is 43.7 Å². The largest absolute Gasteiger partial charge is 0.455 e. The Kier molecular flexibility index (Phi) is 5.50. The molecule has 7 aromatic carbocycles. The number of fused-ring (bicyclic) bond motifs is 6. The number of aromatic nitrogens is 2. The van der Waals surface area contributed by atoms with E-state index in [4.69, 9.17) is 9.40 Å². The molecule has 0 aliphatic carbocycles. The fourth-order valence-corrected chi connectivity index (χ4v) is 6.53. The van der Waals surface area contributed by atoms with Gasteiger partial charge >= 0.3 is 0 Å². The molecule has 0 radical (unpaired) electrons. The molecule has 0 amide bonds. The maximum Gasteiger partial charge on any atom is 0.145 e. The van der Waals surface area contributed by atoms with Crippen molar-refractivity contribution in [1.82, 2.24) is 9.55 Å². The van der Waals surface area contributed by atoms with Gasteiger partial charge in [0.15, 0.2) is 0 Å². The second kappa shape index (κ2) is 9.82. The summed E-state index contributed by atoms with van der Waals surface area (Å²) in [6.45, 7) is 0. The Morgan fingerprint density at radius 3 is 1.95 bits per heavy atom. The standard InChI is InChI=1S/C41H26N2O/c1-3-12-27(13-4-1)41-42-37-25-29(22-23-38(37)43(41)31-16-5-2-6-17-31)28-14-11-15-30(24-28)35-26-36-33-19-9-10-21-39(33)44-40(36)34-20-8-7-18-32(34)35/h1-26H. The zero-order chi connectivity index (χ0) is 29.0. The van der Waals surface area contributed by atoms with Crippen molar-refractivity contribution in [3.8, 4) is 39.3 Å². The van der Waals surface area contributed by atoms with E-state index in [0.29, 0.717) is 0 Å². The van der Waals surface area contributed by atoms with Crippen molar-refractivity contribution in [2.45, 2.75) is 0 Å². The first-order valence-corrected chi connectivity index (χ1v) is 14.9. The number of benzene rings is 7. The fraction of sp³-hybridized carbons (Fsp3) is 0. The maximum absolute atomic E-state index is 6.36. The topological polar surface area (TPSA) is 31.0 Å². The van der Waals surface area contributed by atoms with Gasteiger partial charge in [0, 0.05) is 27.4 Å². The fourth-order valence-electron chi connectivity index (χ4n) is 6.53. The van der Waals surface area contributed by atoms with E-state index in [2.05, 4.69) is 138 Å². The second-order valence-corrected chi connectivity index (χ2v) is 11.2. The van der Waals surface area contributed by atoms with Crippen LogP contribution in [-0.2, 0) is 0 Å². The van der Waals surface area contributed by atoms with Crippen molar-refractivity contribution in [1.29, 1.82) is 0 Å². The number of hydrogen-bond acceptors (Lipinski definition) is 2. The van der Waals surface area contributed by atoms with Gasteiger partial charge in [0.1, 0.15) is 17.0 Å². The highest BCUT2D eigenvalue weighted by atomic mass is 16.3. The SMILES string of the molecule is c1ccc(-c2nc3cc(-c4cccc(-c5cc6c7ccccc7oc6c6ccccc56)c4)ccc3n2-c2ccccc2)cc1. The van der Waals surface area contributed by atoms with Crippen molar-refractivity contribution < 1.29 is 4.42 Å². The first-order chi connectivity index (χ1) is 21.8. The Bertz CT molecular complexity index is 2490. The summed E-state index contributed by atoms with van der Waals surface area (Å²) >= 11 is 0. The molecule has 0 atom stereocenters. The lowest BCUT2D eigenvalue weighted by molar-refractivity contribution is 0.672. The van der Waals surface area contributed by atoms with E-state index in [1.807, 2.05) is 24.3 Å². The van der Waals surface area contributed by atoms with Crippen LogP contribution in [0, 0.1) is 0 Å². The molecule has 2 heterocycles. The van der Waals surface area contributed by atoms with Gasteiger partial charge in [-0.1, -0.05) is 115 Å². The molecular weight excluding hydrogens is 536 g/mol. The molecule has 9 aromatic rings. The predicted octanol–water partition coefficient (Wildman–Crippen LogP) is 11.1. The van der Waals surface area contributed by atoms with Crippen molar-refractivity contribution in [3.63, 3.8) is 0 Å². The van der Waals surface area contributed by atoms with Gasteiger partial charge < -0.3 is 4.42 Å². The normalized spacial score (nSPS) is 11.6. The minimum absolute atomic E-state index is 0.914. The van der Waals surface area contributed by atoms with Crippen LogP contribution in [0.15, 0.2) is 162 Å². The summed E-state index contributed by atoms with van der Waals surface area (Å²) in [4.78, 5) is 5.18. The summed E-state index contributed by atoms with van der Waals surface area (Å²) < 4.78 is 8.61. The van der Waals surface area contributed by atoms with E-state index in [9.17, 15) is 0 Å². The van der Waals surface area contributed by atoms with E-state index in [1.165, 1.54) is 16.5 Å². The number of imidazole rings is 1. The van der Waals surface area contributed by atoms with Gasteiger partial charge in [-0.2, -0.15) is 0 Å². The summed E-state index contributed by atoms with van der Waals surface area (Å²) in [5, 5.41) is 4.59. The Morgan fingerprint density at radius 2 is 1.11 bits per heavy atom. The summed E-state index contributed by atoms with van der Waals surface area (Å²) in [6, 6.07) is 55.5. The number of hydrogen-bond donors (Lipinski definition) is 0. The number of nitrogens with zero attached hydrogens (tertiary/aromatic N) is 2. The van der Waals surface area contributed by atoms with Gasteiger partial charge in [-0.25, -0.2) is 4.98 Å². The summed E-state index contributed by atoms with van der Waals surface area (Å²) in [6.07, 6.45) is 0. The molecule has 206 valence electrons. The third-order valence-corrected chi connectivity index (χ3v) is 8.59. The molecule has 0 unspecified atom stereocenters. The van der Waals surface area contributed by atoms with Crippen LogP contribution in [0.3, 0.4) is 0 Å². The zero-order valence-corrected chi connectivity index (χ0v) is 23.8. The van der Waals surface area contributed by atoms with Crippen molar-refractivity contribution in [2.75, 3.05) is 0 Å². The molecule has 9 rings (SSSR count). The van der Waals surface area contributed by atoms with Gasteiger partial charge in [-0.3, -0.25) is 4.57 Å². The van der Waals surface area contributed by atoms with E-state index in [0.717, 1.165) is 66.6 Å². The van der Waals surface area contributed by atoms with Crippen LogP contribution >= 0.6 is 0 Å². The van der Waals surface area contributed by atoms with Crippen molar-refractivity contribution in [2.24, 2.45) is 0 Å². The van der Waals surface area contributed by atoms with E-state index < -0.39 is 0 Å². The highest BCUT2D eigenvalue weighted by Gasteiger charge is 2.17. The minimum Gasteiger partial charge on any atom is -0.455 e. The Labute approximate surface area is 254 Å². The van der Waals surface area contributed by atoms with Gasteiger partial charge in [0.05, 0.1) is 11.0 Å². The zero-order valence-electron chi connectivity index (χ0n) is 23.8. The number of rotatable bonds is 4. The van der Waals surface area contributed by atoms with Crippen LogP contribution in [0.2, 0.25) is 0 Å². The lowest BCUT2D eigenvalue weighted by Gasteiger charge is -2.11. The predicted molar refractivity (Wildman–Crippen MR) is 182 cm³/mol. The highest BCUT2D eigenvalue weighted by molar-refractivity contribution is 6.19. The molecule has 0 saturated carbocycles. The molecule has 3 heteroatoms. The Hall–Kier alpha value is -5.93. The number of furan rings is 1. The molecular formula is C41H26N2O. The molecule has 0 saturated heterocycles. The Morgan fingerprint density at radius 1 is 0.455 bits per heavy atom. The lowest BCUT2D eigenvalue weighted by atomic mass is 9.93. The molecule has 0 N–H and O–H groups in total. The van der Waals surface area contributed by atoms with Crippen LogP contribution in [0.1, 0.15) is 0 Å². The van der Waals surface area contributed by atoms with Crippen LogP contribution < -0.4 is 0 Å². The Balaban J connectivity index is 1.22. The van der Waals surface area contributed by atoms with E-state index >= 15 is 0 Å². The van der Waals surface area contributed by atoms with Crippen LogP contribution in [0.25, 0.3) is 83.1 Å². The molecule has 0 bridgehead atoms. The third-order valence-electron chi connectivity index (χ3n) is 8.59. The smallest absolute Gasteiger partial charge is 0.145 e. The van der Waals surface area contributed by atoms with Crippen LogP contribution in [-0.4, -0.2) is 9.55 Å². The summed E-state index contributed by atoms with van der Waals surface area (Å²) in [7, 11) is 0. The van der Waals surface area contributed by atoms with Gasteiger partial charge in [-0.05, 0) is 70.1 Å². The van der Waals surface area contributed by atoms with Crippen molar-refractivity contribution in [3.05, 3.63) is 158 Å². The molecule has 44 heavy (non-hydrogen) atoms. The first kappa shape index (κ1) is 24.6. The van der Waals surface area contributed by atoms with Crippen LogP contribution in [0.5, 0.6) is 0 Å². The first-order valence-electron chi connectivity index (χ1n) is 14.9. The lowest BCUT2D eigenvalue weighted by Crippen LogP contribution is -1.97. The third kappa shape index (κ3) is 3.87. The molecule has 0 spiro atoms. The number of para-hydroxylation sites is 2. The molecule has 0 aliphatic rings. The van der Waals surface area contributed by atoms with E-state index in [-0.39, 0.29) is 0 Å². The average Bonchev–Trinajstić information content (AvgIpc) is 3.67. The minimum atomic E-state index is 0.914. The maximum atomic E-state index is 6.36. The monoisotopic (exact) mass is 562 g/mol. The second-order valence-electron chi connectivity index (χ2n) is 11.2. The van der Waals surface area contributed by atoms with Crippen LogP contribution in [0.4, 0.5) is 0 Å². The quantitative estimate of drug-likeness (QED) is 0.214. The molecule has 0 aliphatic heterocycles. The molecule has 3 nitrogen and oxygen atoms in total.